The van der Waals surface area contributed by atoms with Gasteiger partial charge in [0.15, 0.2) is 0 Å². The van der Waals surface area contributed by atoms with Crippen molar-refractivity contribution in [1.29, 1.82) is 10.5 Å². The van der Waals surface area contributed by atoms with Crippen LogP contribution in [0.5, 0.6) is 0 Å². The van der Waals surface area contributed by atoms with Gasteiger partial charge in [-0.15, -0.1) is 11.3 Å². The molecule has 2 rings (SSSR count). The number of fused-ring (bicyclic) bond motifs is 1. The molecule has 14 heavy (non-hydrogen) atoms. The zero-order valence-electron chi connectivity index (χ0n) is 6.91. The first kappa shape index (κ1) is 9.02. The van der Waals surface area contributed by atoms with Crippen LogP contribution in [-0.4, -0.2) is 0 Å². The Hall–Kier alpha value is -1.55. The van der Waals surface area contributed by atoms with Gasteiger partial charge in [0.25, 0.3) is 0 Å². The van der Waals surface area contributed by atoms with E-state index < -0.39 is 0 Å². The van der Waals surface area contributed by atoms with Crippen molar-refractivity contribution in [2.45, 2.75) is 0 Å². The Kier molecular flexibility index (Phi) is 2.13. The SMILES string of the molecule is N#Cc1c(Cl)cc2sccc2c1C#N. The summed E-state index contributed by atoms with van der Waals surface area (Å²) in [5.74, 6) is 0. The predicted octanol–water partition coefficient (Wildman–Crippen LogP) is 3.30. The van der Waals surface area contributed by atoms with E-state index in [9.17, 15) is 0 Å². The third-order valence-electron chi connectivity index (χ3n) is 1.93. The minimum atomic E-state index is 0.264. The Morgan fingerprint density at radius 3 is 2.57 bits per heavy atom. The number of thiophene rings is 1. The summed E-state index contributed by atoms with van der Waals surface area (Å²) in [4.78, 5) is 0. The Balaban J connectivity index is 3.00. The van der Waals surface area contributed by atoms with E-state index in [-0.39, 0.29) is 5.56 Å². The fourth-order valence-electron chi connectivity index (χ4n) is 1.31. The average Bonchev–Trinajstić information content (AvgIpc) is 2.62. The molecule has 0 spiro atoms. The first-order valence-corrected chi connectivity index (χ1v) is 5.03. The summed E-state index contributed by atoms with van der Waals surface area (Å²) in [6, 6.07) is 7.52. The van der Waals surface area contributed by atoms with Gasteiger partial charge in [-0.1, -0.05) is 11.6 Å². The number of halogens is 1. The second-order valence-electron chi connectivity index (χ2n) is 2.66. The molecule has 0 N–H and O–H groups in total. The topological polar surface area (TPSA) is 47.6 Å². The third kappa shape index (κ3) is 1.15. The minimum Gasteiger partial charge on any atom is -0.192 e. The van der Waals surface area contributed by atoms with Crippen LogP contribution in [0.3, 0.4) is 0 Å². The highest BCUT2D eigenvalue weighted by atomic mass is 35.5. The van der Waals surface area contributed by atoms with Crippen LogP contribution in [0.25, 0.3) is 10.1 Å². The largest absolute Gasteiger partial charge is 0.192 e. The molecule has 2 aromatic rings. The van der Waals surface area contributed by atoms with E-state index in [0.717, 1.165) is 10.1 Å². The lowest BCUT2D eigenvalue weighted by Gasteiger charge is -1.99. The van der Waals surface area contributed by atoms with Gasteiger partial charge in [0.05, 0.1) is 16.1 Å². The zero-order chi connectivity index (χ0) is 10.1. The molecule has 0 aliphatic carbocycles. The molecule has 1 aromatic carbocycles. The van der Waals surface area contributed by atoms with Crippen molar-refractivity contribution in [1.82, 2.24) is 0 Å². The quantitative estimate of drug-likeness (QED) is 0.681. The van der Waals surface area contributed by atoms with Gasteiger partial charge >= 0.3 is 0 Å². The summed E-state index contributed by atoms with van der Waals surface area (Å²) in [6.07, 6.45) is 0. The van der Waals surface area contributed by atoms with E-state index in [1.165, 1.54) is 11.3 Å². The van der Waals surface area contributed by atoms with Crippen LogP contribution in [0.15, 0.2) is 17.5 Å². The standard InChI is InChI=1S/C10H3ClN2S/c11-9-3-10-6(1-2-14-10)7(4-12)8(9)5-13/h1-3H. The maximum absolute atomic E-state index is 8.94. The molecule has 2 nitrogen and oxygen atoms in total. The van der Waals surface area contributed by atoms with Crippen molar-refractivity contribution in [3.63, 3.8) is 0 Å². The van der Waals surface area contributed by atoms with Crippen molar-refractivity contribution in [3.05, 3.63) is 33.7 Å². The molecule has 0 radical (unpaired) electrons. The van der Waals surface area contributed by atoms with Gasteiger partial charge in [0.2, 0.25) is 0 Å². The van der Waals surface area contributed by atoms with Crippen LogP contribution in [0.2, 0.25) is 5.02 Å². The van der Waals surface area contributed by atoms with Crippen molar-refractivity contribution >= 4 is 33.0 Å². The number of nitrogens with zero attached hydrogens (tertiary/aromatic N) is 2. The van der Waals surface area contributed by atoms with Crippen molar-refractivity contribution in [2.75, 3.05) is 0 Å². The van der Waals surface area contributed by atoms with Gasteiger partial charge in [0, 0.05) is 10.1 Å². The second-order valence-corrected chi connectivity index (χ2v) is 4.02. The molecule has 0 saturated heterocycles. The Labute approximate surface area is 89.6 Å². The Morgan fingerprint density at radius 1 is 1.21 bits per heavy atom. The third-order valence-corrected chi connectivity index (χ3v) is 3.10. The molecule has 1 aromatic heterocycles. The first-order valence-electron chi connectivity index (χ1n) is 3.78. The van der Waals surface area contributed by atoms with Crippen LogP contribution in [-0.2, 0) is 0 Å². The van der Waals surface area contributed by atoms with Gasteiger partial charge < -0.3 is 0 Å². The van der Waals surface area contributed by atoms with Gasteiger partial charge in [0.1, 0.15) is 12.1 Å². The summed E-state index contributed by atoms with van der Waals surface area (Å²) in [5, 5.41) is 20.8. The van der Waals surface area contributed by atoms with Crippen LogP contribution >= 0.6 is 22.9 Å². The van der Waals surface area contributed by atoms with Crippen LogP contribution in [0.1, 0.15) is 11.1 Å². The van der Waals surface area contributed by atoms with E-state index in [4.69, 9.17) is 22.1 Å². The molecule has 0 atom stereocenters. The van der Waals surface area contributed by atoms with Gasteiger partial charge in [-0.2, -0.15) is 10.5 Å². The predicted molar refractivity (Wildman–Crippen MR) is 56.3 cm³/mol. The van der Waals surface area contributed by atoms with Crippen molar-refractivity contribution in [2.24, 2.45) is 0 Å². The van der Waals surface area contributed by atoms with E-state index in [2.05, 4.69) is 0 Å². The van der Waals surface area contributed by atoms with Crippen LogP contribution in [0, 0.1) is 22.7 Å². The molecule has 0 bridgehead atoms. The van der Waals surface area contributed by atoms with Crippen LogP contribution in [0.4, 0.5) is 0 Å². The molecule has 0 saturated carbocycles. The average molecular weight is 219 g/mol. The molecule has 0 fully saturated rings. The molecule has 0 amide bonds. The lowest BCUT2D eigenvalue weighted by atomic mass is 10.1. The van der Waals surface area contributed by atoms with Gasteiger partial charge in [-0.3, -0.25) is 0 Å². The lowest BCUT2D eigenvalue weighted by molar-refractivity contribution is 1.45. The van der Waals surface area contributed by atoms with E-state index >= 15 is 0 Å². The number of hydrogen-bond donors (Lipinski definition) is 0. The fourth-order valence-corrected chi connectivity index (χ4v) is 2.45. The maximum Gasteiger partial charge on any atom is 0.102 e. The van der Waals surface area contributed by atoms with Gasteiger partial charge in [-0.05, 0) is 17.5 Å². The number of hydrogen-bond acceptors (Lipinski definition) is 3. The summed E-state index contributed by atoms with van der Waals surface area (Å²) < 4.78 is 0.936. The maximum atomic E-state index is 8.94. The van der Waals surface area contributed by atoms with Gasteiger partial charge in [-0.25, -0.2) is 0 Å². The summed E-state index contributed by atoms with van der Waals surface area (Å²) in [7, 11) is 0. The van der Waals surface area contributed by atoms with Crippen molar-refractivity contribution < 1.29 is 0 Å². The molecule has 1 heterocycles. The highest BCUT2D eigenvalue weighted by Crippen LogP contribution is 2.31. The first-order chi connectivity index (χ1) is 6.77. The molecular weight excluding hydrogens is 216 g/mol. The Morgan fingerprint density at radius 2 is 1.93 bits per heavy atom. The Bertz CT molecular complexity index is 586. The van der Waals surface area contributed by atoms with E-state index in [0.29, 0.717) is 10.6 Å². The number of rotatable bonds is 0. The zero-order valence-corrected chi connectivity index (χ0v) is 8.49. The van der Waals surface area contributed by atoms with Crippen molar-refractivity contribution in [3.8, 4) is 12.1 Å². The van der Waals surface area contributed by atoms with E-state index in [1.54, 1.807) is 6.07 Å². The minimum absolute atomic E-state index is 0.264. The molecular formula is C10H3ClN2S. The molecule has 4 heteroatoms. The highest BCUT2D eigenvalue weighted by Gasteiger charge is 2.12. The summed E-state index contributed by atoms with van der Waals surface area (Å²) >= 11 is 7.38. The highest BCUT2D eigenvalue weighted by molar-refractivity contribution is 7.17. The fraction of sp³-hybridized carbons (Fsp3) is 0. The molecule has 66 valence electrons. The van der Waals surface area contributed by atoms with E-state index in [1.807, 2.05) is 23.6 Å². The normalized spacial score (nSPS) is 9.64. The summed E-state index contributed by atoms with van der Waals surface area (Å²) in [6.45, 7) is 0. The molecule has 0 aliphatic heterocycles. The monoisotopic (exact) mass is 218 g/mol. The smallest absolute Gasteiger partial charge is 0.102 e. The molecule has 0 unspecified atom stereocenters. The number of nitriles is 2. The van der Waals surface area contributed by atoms with Crippen LogP contribution < -0.4 is 0 Å². The summed E-state index contributed by atoms with van der Waals surface area (Å²) in [5.41, 5.74) is 0.635. The second kappa shape index (κ2) is 3.31. The number of benzene rings is 1. The molecule has 0 aliphatic rings. The lowest BCUT2D eigenvalue weighted by Crippen LogP contribution is -1.85.